The maximum Gasteiger partial charge on any atom is 0.221 e. The van der Waals surface area contributed by atoms with Crippen molar-refractivity contribution in [2.45, 2.75) is 12.8 Å². The largest absolute Gasteiger partial charge is 0.369 e. The Labute approximate surface area is 138 Å². The Bertz CT molecular complexity index is 1030. The Morgan fingerprint density at radius 2 is 1.00 bits per heavy atom. The molecule has 0 radical (unpaired) electrons. The van der Waals surface area contributed by atoms with Gasteiger partial charge in [-0.2, -0.15) is 0 Å². The summed E-state index contributed by atoms with van der Waals surface area (Å²) in [6.45, 7) is 0. The zero-order chi connectivity index (χ0) is 16.8. The van der Waals surface area contributed by atoms with Crippen LogP contribution in [0.5, 0.6) is 0 Å². The van der Waals surface area contributed by atoms with Crippen molar-refractivity contribution in [3.8, 4) is 0 Å². The minimum Gasteiger partial charge on any atom is -0.369 e. The van der Waals surface area contributed by atoms with E-state index in [0.717, 1.165) is 43.4 Å². The highest BCUT2D eigenvalue weighted by molar-refractivity contribution is 6.24. The molecule has 24 heavy (non-hydrogen) atoms. The van der Waals surface area contributed by atoms with Gasteiger partial charge >= 0.3 is 0 Å². The minimum absolute atomic E-state index is 0.211. The maximum atomic E-state index is 11.4. The number of carbonyl (C=O) groups excluding carboxylic acids is 2. The van der Waals surface area contributed by atoms with Gasteiger partial charge in [-0.25, -0.2) is 0 Å². The van der Waals surface area contributed by atoms with Gasteiger partial charge in [0.2, 0.25) is 11.8 Å². The van der Waals surface area contributed by atoms with Crippen molar-refractivity contribution in [2.24, 2.45) is 11.5 Å². The molecule has 0 saturated carbocycles. The first-order valence-electron chi connectivity index (χ1n) is 7.79. The lowest BCUT2D eigenvalue weighted by molar-refractivity contribution is -0.118. The Kier molecular flexibility index (Phi) is 3.13. The molecule has 0 aromatic heterocycles. The molecule has 0 unspecified atom stereocenters. The molecule has 4 aromatic carbocycles. The third-order valence-electron chi connectivity index (χ3n) is 4.57. The summed E-state index contributed by atoms with van der Waals surface area (Å²) in [5.74, 6) is -0.695. The van der Waals surface area contributed by atoms with Gasteiger partial charge in [0.05, 0.1) is 12.8 Å². The highest BCUT2D eigenvalue weighted by atomic mass is 16.1. The highest BCUT2D eigenvalue weighted by Gasteiger charge is 2.14. The van der Waals surface area contributed by atoms with Gasteiger partial charge in [-0.05, 0) is 43.4 Å². The molecule has 4 N–H and O–H groups in total. The van der Waals surface area contributed by atoms with Crippen LogP contribution in [-0.2, 0) is 22.4 Å². The van der Waals surface area contributed by atoms with Gasteiger partial charge in [-0.3, -0.25) is 9.59 Å². The first-order valence-corrected chi connectivity index (χ1v) is 7.79. The minimum atomic E-state index is -0.348. The van der Waals surface area contributed by atoms with E-state index in [4.69, 9.17) is 11.5 Å². The summed E-state index contributed by atoms with van der Waals surface area (Å²) in [5, 5.41) is 6.48. The zero-order valence-corrected chi connectivity index (χ0v) is 13.0. The first kappa shape index (κ1) is 14.5. The molecular formula is C20H16N2O2. The lowest BCUT2D eigenvalue weighted by atomic mass is 9.89. The number of rotatable bonds is 4. The van der Waals surface area contributed by atoms with Gasteiger partial charge < -0.3 is 11.5 Å². The quantitative estimate of drug-likeness (QED) is 0.567. The number of primary amides is 2. The standard InChI is InChI=1S/C20H16N2O2/c21-17(23)9-13-5-3-11-1-2-12-4-6-14(10-18(22)24)16-8-7-15(13)19(11)20(12)16/h1-8H,9-10H2,(H2,21,23)(H2,22,24). The van der Waals surface area contributed by atoms with E-state index in [9.17, 15) is 9.59 Å². The number of amides is 2. The van der Waals surface area contributed by atoms with Gasteiger partial charge in [0.1, 0.15) is 0 Å². The van der Waals surface area contributed by atoms with Crippen molar-refractivity contribution >= 4 is 44.1 Å². The number of hydrogen-bond donors (Lipinski definition) is 2. The van der Waals surface area contributed by atoms with Crippen LogP contribution >= 0.6 is 0 Å². The summed E-state index contributed by atoms with van der Waals surface area (Å²) in [6.07, 6.45) is 0.421. The molecule has 4 heteroatoms. The molecule has 0 aliphatic carbocycles. The molecule has 0 spiro atoms. The number of nitrogens with two attached hydrogens (primary N) is 2. The number of hydrogen-bond acceptors (Lipinski definition) is 2. The lowest BCUT2D eigenvalue weighted by Crippen LogP contribution is -2.14. The predicted molar refractivity (Wildman–Crippen MR) is 95.9 cm³/mol. The van der Waals surface area contributed by atoms with E-state index >= 15 is 0 Å². The molecule has 0 aliphatic heterocycles. The van der Waals surface area contributed by atoms with Crippen LogP contribution in [-0.4, -0.2) is 11.8 Å². The zero-order valence-electron chi connectivity index (χ0n) is 13.0. The van der Waals surface area contributed by atoms with Gasteiger partial charge in [0.25, 0.3) is 0 Å². The molecule has 118 valence electrons. The topological polar surface area (TPSA) is 86.2 Å². The van der Waals surface area contributed by atoms with Crippen molar-refractivity contribution in [3.63, 3.8) is 0 Å². The Hall–Kier alpha value is -3.14. The van der Waals surface area contributed by atoms with Crippen LogP contribution in [0.4, 0.5) is 0 Å². The molecule has 4 aromatic rings. The van der Waals surface area contributed by atoms with Gasteiger partial charge in [0, 0.05) is 0 Å². The monoisotopic (exact) mass is 316 g/mol. The van der Waals surface area contributed by atoms with E-state index in [0.29, 0.717) is 0 Å². The second kappa shape index (κ2) is 5.20. The van der Waals surface area contributed by atoms with Crippen LogP contribution in [0.1, 0.15) is 11.1 Å². The van der Waals surface area contributed by atoms with Crippen LogP contribution in [0.3, 0.4) is 0 Å². The SMILES string of the molecule is NC(=O)Cc1ccc2ccc3ccc(CC(N)=O)c4ccc1c2c34. The molecule has 0 fully saturated rings. The van der Waals surface area contributed by atoms with Crippen LogP contribution in [0.2, 0.25) is 0 Å². The first-order chi connectivity index (χ1) is 11.5. The van der Waals surface area contributed by atoms with Crippen molar-refractivity contribution in [1.29, 1.82) is 0 Å². The van der Waals surface area contributed by atoms with Crippen molar-refractivity contribution in [1.82, 2.24) is 0 Å². The van der Waals surface area contributed by atoms with Crippen molar-refractivity contribution in [2.75, 3.05) is 0 Å². The van der Waals surface area contributed by atoms with Gasteiger partial charge in [0.15, 0.2) is 0 Å². The van der Waals surface area contributed by atoms with E-state index in [1.54, 1.807) is 0 Å². The van der Waals surface area contributed by atoms with Crippen molar-refractivity contribution in [3.05, 3.63) is 59.7 Å². The Morgan fingerprint density at radius 1 is 0.625 bits per heavy atom. The second-order valence-corrected chi connectivity index (χ2v) is 6.16. The summed E-state index contributed by atoms with van der Waals surface area (Å²) in [6, 6.07) is 16.1. The third-order valence-corrected chi connectivity index (χ3v) is 4.57. The van der Waals surface area contributed by atoms with Crippen molar-refractivity contribution < 1.29 is 9.59 Å². The average molecular weight is 316 g/mol. The Balaban J connectivity index is 2.13. The van der Waals surface area contributed by atoms with Crippen LogP contribution < -0.4 is 11.5 Å². The fraction of sp³-hybridized carbons (Fsp3) is 0.100. The predicted octanol–water partition coefficient (Wildman–Crippen LogP) is 2.64. The van der Waals surface area contributed by atoms with Crippen LogP contribution in [0.25, 0.3) is 32.3 Å². The van der Waals surface area contributed by atoms with E-state index in [-0.39, 0.29) is 24.7 Å². The summed E-state index contributed by atoms with van der Waals surface area (Å²) in [4.78, 5) is 22.7. The summed E-state index contributed by atoms with van der Waals surface area (Å²) < 4.78 is 0. The normalized spacial score (nSPS) is 11.5. The fourth-order valence-electron chi connectivity index (χ4n) is 3.61. The smallest absolute Gasteiger partial charge is 0.221 e. The number of carbonyl (C=O) groups is 2. The molecular weight excluding hydrogens is 300 g/mol. The second-order valence-electron chi connectivity index (χ2n) is 6.16. The van der Waals surface area contributed by atoms with E-state index in [1.807, 2.05) is 36.4 Å². The number of benzene rings is 4. The summed E-state index contributed by atoms with van der Waals surface area (Å²) in [5.41, 5.74) is 12.6. The molecule has 0 saturated heterocycles. The van der Waals surface area contributed by atoms with E-state index in [1.165, 1.54) is 0 Å². The molecule has 0 atom stereocenters. The molecule has 4 rings (SSSR count). The molecule has 0 aliphatic rings. The van der Waals surface area contributed by atoms with Gasteiger partial charge in [-0.1, -0.05) is 48.5 Å². The summed E-state index contributed by atoms with van der Waals surface area (Å²) in [7, 11) is 0. The molecule has 0 bridgehead atoms. The van der Waals surface area contributed by atoms with Crippen LogP contribution in [0, 0.1) is 0 Å². The molecule has 0 heterocycles. The van der Waals surface area contributed by atoms with Crippen LogP contribution in [0.15, 0.2) is 48.5 Å². The maximum absolute atomic E-state index is 11.4. The average Bonchev–Trinajstić information content (AvgIpc) is 2.54. The Morgan fingerprint density at radius 3 is 1.38 bits per heavy atom. The molecule has 4 nitrogen and oxygen atoms in total. The lowest BCUT2D eigenvalue weighted by Gasteiger charge is -2.15. The van der Waals surface area contributed by atoms with E-state index < -0.39 is 0 Å². The summed E-state index contributed by atoms with van der Waals surface area (Å²) >= 11 is 0. The van der Waals surface area contributed by atoms with E-state index in [2.05, 4.69) is 12.1 Å². The molecule has 2 amide bonds. The third kappa shape index (κ3) is 2.15. The highest BCUT2D eigenvalue weighted by Crippen LogP contribution is 2.37. The fourth-order valence-corrected chi connectivity index (χ4v) is 3.61. The van der Waals surface area contributed by atoms with Gasteiger partial charge in [-0.15, -0.1) is 0 Å².